The molecule has 1 aromatic carbocycles. The molecular weight excluding hydrogens is 274 g/mol. The number of para-hydroxylation sites is 1. The summed E-state index contributed by atoms with van der Waals surface area (Å²) in [7, 11) is -3.40. The third-order valence-electron chi connectivity index (χ3n) is 4.00. The molecule has 2 heterocycles. The SMILES string of the molecule is O=S(=O)(N1CCNCC1)N1CCCCc2ccccc21. The van der Waals surface area contributed by atoms with Gasteiger partial charge in [0.05, 0.1) is 5.69 Å². The maximum Gasteiger partial charge on any atom is 0.304 e. The number of benzene rings is 1. The zero-order valence-electron chi connectivity index (χ0n) is 11.6. The van der Waals surface area contributed by atoms with E-state index < -0.39 is 10.2 Å². The van der Waals surface area contributed by atoms with Crippen LogP contribution in [0.5, 0.6) is 0 Å². The second-order valence-corrected chi connectivity index (χ2v) is 7.17. The third kappa shape index (κ3) is 2.55. The van der Waals surface area contributed by atoms with Crippen molar-refractivity contribution >= 4 is 15.9 Å². The van der Waals surface area contributed by atoms with Gasteiger partial charge >= 0.3 is 10.2 Å². The second-order valence-electron chi connectivity index (χ2n) is 5.31. The van der Waals surface area contributed by atoms with E-state index >= 15 is 0 Å². The molecule has 0 saturated carbocycles. The predicted molar refractivity (Wildman–Crippen MR) is 80.1 cm³/mol. The molecule has 1 saturated heterocycles. The van der Waals surface area contributed by atoms with E-state index in [-0.39, 0.29) is 0 Å². The average Bonchev–Trinajstić information content (AvgIpc) is 2.71. The molecule has 2 aliphatic rings. The van der Waals surface area contributed by atoms with Gasteiger partial charge in [-0.3, -0.25) is 4.31 Å². The van der Waals surface area contributed by atoms with Gasteiger partial charge in [-0.2, -0.15) is 12.7 Å². The number of piperazine rings is 1. The van der Waals surface area contributed by atoms with Gasteiger partial charge in [0.1, 0.15) is 0 Å². The zero-order valence-corrected chi connectivity index (χ0v) is 12.4. The fraction of sp³-hybridized carbons (Fsp3) is 0.571. The van der Waals surface area contributed by atoms with Crippen molar-refractivity contribution in [2.45, 2.75) is 19.3 Å². The highest BCUT2D eigenvalue weighted by Crippen LogP contribution is 2.29. The summed E-state index contributed by atoms with van der Waals surface area (Å²) < 4.78 is 29.0. The van der Waals surface area contributed by atoms with Crippen molar-refractivity contribution < 1.29 is 8.42 Å². The first-order valence-electron chi connectivity index (χ1n) is 7.26. The van der Waals surface area contributed by atoms with Gasteiger partial charge in [0.2, 0.25) is 0 Å². The number of hydrogen-bond donors (Lipinski definition) is 1. The molecule has 3 rings (SSSR count). The van der Waals surface area contributed by atoms with Gasteiger partial charge in [-0.15, -0.1) is 0 Å². The largest absolute Gasteiger partial charge is 0.314 e. The van der Waals surface area contributed by atoms with Crippen LogP contribution in [0.15, 0.2) is 24.3 Å². The van der Waals surface area contributed by atoms with Crippen LogP contribution in [0.25, 0.3) is 0 Å². The molecule has 6 heteroatoms. The van der Waals surface area contributed by atoms with E-state index in [9.17, 15) is 8.42 Å². The molecule has 5 nitrogen and oxygen atoms in total. The lowest BCUT2D eigenvalue weighted by molar-refractivity contribution is 0.358. The number of fused-ring (bicyclic) bond motifs is 1. The van der Waals surface area contributed by atoms with Gasteiger partial charge in [0.15, 0.2) is 0 Å². The van der Waals surface area contributed by atoms with Crippen molar-refractivity contribution in [3.05, 3.63) is 29.8 Å². The molecule has 0 amide bonds. The van der Waals surface area contributed by atoms with Crippen LogP contribution >= 0.6 is 0 Å². The summed E-state index contributed by atoms with van der Waals surface area (Å²) in [6.45, 7) is 3.16. The maximum absolute atomic E-state index is 12.9. The normalized spacial score (nSPS) is 21.3. The molecule has 0 atom stereocenters. The lowest BCUT2D eigenvalue weighted by Gasteiger charge is -2.33. The summed E-state index contributed by atoms with van der Waals surface area (Å²) >= 11 is 0. The average molecular weight is 295 g/mol. The van der Waals surface area contributed by atoms with E-state index in [1.807, 2.05) is 24.3 Å². The molecule has 1 aromatic rings. The molecule has 110 valence electrons. The zero-order chi connectivity index (χ0) is 14.0. The van der Waals surface area contributed by atoms with Crippen molar-refractivity contribution in [1.29, 1.82) is 0 Å². The smallest absolute Gasteiger partial charge is 0.304 e. The highest BCUT2D eigenvalue weighted by atomic mass is 32.2. The molecule has 0 radical (unpaired) electrons. The molecule has 20 heavy (non-hydrogen) atoms. The maximum atomic E-state index is 12.9. The number of rotatable bonds is 2. The summed E-state index contributed by atoms with van der Waals surface area (Å²) in [5.41, 5.74) is 2.01. The summed E-state index contributed by atoms with van der Waals surface area (Å²) in [6.07, 6.45) is 2.92. The lowest BCUT2D eigenvalue weighted by atomic mass is 10.1. The monoisotopic (exact) mass is 295 g/mol. The van der Waals surface area contributed by atoms with E-state index in [0.29, 0.717) is 19.6 Å². The topological polar surface area (TPSA) is 52.7 Å². The van der Waals surface area contributed by atoms with Gasteiger partial charge in [-0.05, 0) is 30.9 Å². The Hall–Kier alpha value is -1.11. The quantitative estimate of drug-likeness (QED) is 0.885. The highest BCUT2D eigenvalue weighted by molar-refractivity contribution is 7.90. The van der Waals surface area contributed by atoms with Crippen LogP contribution in [0.4, 0.5) is 5.69 Å². The number of aryl methyl sites for hydroxylation is 1. The van der Waals surface area contributed by atoms with Crippen LogP contribution in [0.3, 0.4) is 0 Å². The molecular formula is C14H21N3O2S. The van der Waals surface area contributed by atoms with Crippen LogP contribution < -0.4 is 9.62 Å². The molecule has 2 aliphatic heterocycles. The Morgan fingerprint density at radius 3 is 2.55 bits per heavy atom. The van der Waals surface area contributed by atoms with Crippen LogP contribution in [0.2, 0.25) is 0 Å². The van der Waals surface area contributed by atoms with E-state index in [1.165, 1.54) is 0 Å². The van der Waals surface area contributed by atoms with Crippen LogP contribution in [-0.4, -0.2) is 45.4 Å². The Morgan fingerprint density at radius 2 is 1.75 bits per heavy atom. The molecule has 1 N–H and O–H groups in total. The van der Waals surface area contributed by atoms with E-state index in [1.54, 1.807) is 8.61 Å². The van der Waals surface area contributed by atoms with Crippen LogP contribution in [0, 0.1) is 0 Å². The minimum atomic E-state index is -3.40. The first kappa shape index (κ1) is 13.9. The van der Waals surface area contributed by atoms with Gasteiger partial charge in [-0.1, -0.05) is 18.2 Å². The van der Waals surface area contributed by atoms with Gasteiger partial charge in [-0.25, -0.2) is 0 Å². The van der Waals surface area contributed by atoms with Crippen molar-refractivity contribution in [3.63, 3.8) is 0 Å². The van der Waals surface area contributed by atoms with Gasteiger partial charge in [0, 0.05) is 32.7 Å². The van der Waals surface area contributed by atoms with Gasteiger partial charge < -0.3 is 5.32 Å². The second kappa shape index (κ2) is 5.71. The van der Waals surface area contributed by atoms with Crippen molar-refractivity contribution in [2.24, 2.45) is 0 Å². The molecule has 1 fully saturated rings. The minimum absolute atomic E-state index is 0.557. The highest BCUT2D eigenvalue weighted by Gasteiger charge is 2.32. The first-order valence-corrected chi connectivity index (χ1v) is 8.66. The number of nitrogens with one attached hydrogen (secondary N) is 1. The number of anilines is 1. The molecule has 0 aliphatic carbocycles. The molecule has 0 bridgehead atoms. The Kier molecular flexibility index (Phi) is 3.96. The predicted octanol–water partition coefficient (Wildman–Crippen LogP) is 0.979. The minimum Gasteiger partial charge on any atom is -0.314 e. The Morgan fingerprint density at radius 1 is 1.00 bits per heavy atom. The fourth-order valence-corrected chi connectivity index (χ4v) is 4.62. The first-order chi connectivity index (χ1) is 9.69. The number of hydrogen-bond acceptors (Lipinski definition) is 3. The van der Waals surface area contributed by atoms with Crippen LogP contribution in [0.1, 0.15) is 18.4 Å². The molecule has 0 unspecified atom stereocenters. The number of nitrogens with zero attached hydrogens (tertiary/aromatic N) is 2. The summed E-state index contributed by atoms with van der Waals surface area (Å²) in [6, 6.07) is 7.88. The standard InChI is InChI=1S/C14H21N3O2S/c18-20(19,16-11-8-15-9-12-16)17-10-4-3-6-13-5-1-2-7-14(13)17/h1-2,5,7,15H,3-4,6,8-12H2. The van der Waals surface area contributed by atoms with Crippen molar-refractivity contribution in [2.75, 3.05) is 37.0 Å². The van der Waals surface area contributed by atoms with Crippen LogP contribution in [-0.2, 0) is 16.6 Å². The molecule has 0 aromatic heterocycles. The third-order valence-corrected chi connectivity index (χ3v) is 5.95. The summed E-state index contributed by atoms with van der Waals surface area (Å²) in [5.74, 6) is 0. The molecule has 0 spiro atoms. The van der Waals surface area contributed by atoms with E-state index in [4.69, 9.17) is 0 Å². The lowest BCUT2D eigenvalue weighted by Crippen LogP contribution is -2.52. The summed E-state index contributed by atoms with van der Waals surface area (Å²) in [5, 5.41) is 3.20. The Labute approximate surface area is 120 Å². The summed E-state index contributed by atoms with van der Waals surface area (Å²) in [4.78, 5) is 0. The Bertz CT molecular complexity index is 568. The van der Waals surface area contributed by atoms with E-state index in [0.717, 1.165) is 43.6 Å². The van der Waals surface area contributed by atoms with E-state index in [2.05, 4.69) is 5.32 Å². The fourth-order valence-electron chi connectivity index (χ4n) is 2.91. The Balaban J connectivity index is 1.96. The van der Waals surface area contributed by atoms with Gasteiger partial charge in [0.25, 0.3) is 0 Å². The van der Waals surface area contributed by atoms with Crippen molar-refractivity contribution in [3.8, 4) is 0 Å². The van der Waals surface area contributed by atoms with Crippen molar-refractivity contribution in [1.82, 2.24) is 9.62 Å².